The molecule has 0 unspecified atom stereocenters. The van der Waals surface area contributed by atoms with Gasteiger partial charge in [-0.25, -0.2) is 4.68 Å². The molecule has 0 saturated heterocycles. The predicted octanol–water partition coefficient (Wildman–Crippen LogP) is 2.26. The summed E-state index contributed by atoms with van der Waals surface area (Å²) in [6, 6.07) is 5.79. The third-order valence-corrected chi connectivity index (χ3v) is 2.41. The molecule has 0 aliphatic rings. The molecule has 4 nitrogen and oxygen atoms in total. The number of rotatable bonds is 2. The van der Waals surface area contributed by atoms with E-state index in [2.05, 4.69) is 5.10 Å². The van der Waals surface area contributed by atoms with Gasteiger partial charge in [0.15, 0.2) is 0 Å². The SMILES string of the molecule is COc1nn(-c2cccc(C(F)(F)F)c2)ccc1=O. The van der Waals surface area contributed by atoms with Crippen molar-refractivity contribution in [3.8, 4) is 11.6 Å². The average Bonchev–Trinajstić information content (AvgIpc) is 2.38. The van der Waals surface area contributed by atoms with Crippen LogP contribution >= 0.6 is 0 Å². The molecule has 1 aromatic carbocycles. The molecule has 0 aliphatic heterocycles. The molecule has 19 heavy (non-hydrogen) atoms. The first-order valence-electron chi connectivity index (χ1n) is 5.23. The van der Waals surface area contributed by atoms with E-state index in [9.17, 15) is 18.0 Å². The first-order valence-corrected chi connectivity index (χ1v) is 5.23. The maximum atomic E-state index is 12.6. The Hall–Kier alpha value is -2.31. The van der Waals surface area contributed by atoms with Gasteiger partial charge >= 0.3 is 6.18 Å². The summed E-state index contributed by atoms with van der Waals surface area (Å²) in [4.78, 5) is 11.3. The van der Waals surface area contributed by atoms with Crippen molar-refractivity contribution < 1.29 is 17.9 Å². The Morgan fingerprint density at radius 1 is 1.26 bits per heavy atom. The van der Waals surface area contributed by atoms with E-state index in [-0.39, 0.29) is 11.6 Å². The van der Waals surface area contributed by atoms with Crippen molar-refractivity contribution >= 4 is 0 Å². The maximum absolute atomic E-state index is 12.6. The lowest BCUT2D eigenvalue weighted by atomic mass is 10.2. The normalized spacial score (nSPS) is 11.4. The van der Waals surface area contributed by atoms with Gasteiger partial charge in [0.2, 0.25) is 5.43 Å². The lowest BCUT2D eigenvalue weighted by Gasteiger charge is -2.10. The topological polar surface area (TPSA) is 44.1 Å². The van der Waals surface area contributed by atoms with E-state index in [1.54, 1.807) is 0 Å². The van der Waals surface area contributed by atoms with E-state index < -0.39 is 17.2 Å². The molecule has 1 heterocycles. The second-order valence-corrected chi connectivity index (χ2v) is 3.68. The molecule has 0 amide bonds. The number of hydrogen-bond acceptors (Lipinski definition) is 3. The second-order valence-electron chi connectivity index (χ2n) is 3.68. The van der Waals surface area contributed by atoms with Gasteiger partial charge in [0.1, 0.15) is 0 Å². The molecule has 0 bridgehead atoms. The van der Waals surface area contributed by atoms with Gasteiger partial charge < -0.3 is 4.74 Å². The predicted molar refractivity (Wildman–Crippen MR) is 61.4 cm³/mol. The van der Waals surface area contributed by atoms with Crippen LogP contribution in [0.1, 0.15) is 5.56 Å². The number of alkyl halides is 3. The third kappa shape index (κ3) is 2.75. The van der Waals surface area contributed by atoms with Crippen LogP contribution in [0.2, 0.25) is 0 Å². The Morgan fingerprint density at radius 3 is 2.63 bits per heavy atom. The van der Waals surface area contributed by atoms with Crippen LogP contribution in [0.3, 0.4) is 0 Å². The highest BCUT2D eigenvalue weighted by molar-refractivity contribution is 5.36. The zero-order chi connectivity index (χ0) is 14.0. The Labute approximate surface area is 106 Å². The molecule has 0 saturated carbocycles. The van der Waals surface area contributed by atoms with Crippen LogP contribution in [0.25, 0.3) is 5.69 Å². The molecular formula is C12H9F3N2O2. The lowest BCUT2D eigenvalue weighted by Crippen LogP contribution is -2.13. The monoisotopic (exact) mass is 270 g/mol. The number of benzene rings is 1. The van der Waals surface area contributed by atoms with Gasteiger partial charge in [-0.2, -0.15) is 13.2 Å². The molecule has 100 valence electrons. The number of ether oxygens (including phenoxy) is 1. The van der Waals surface area contributed by atoms with Crippen molar-refractivity contribution in [2.45, 2.75) is 6.18 Å². The van der Waals surface area contributed by atoms with Crippen LogP contribution in [0, 0.1) is 0 Å². The summed E-state index contributed by atoms with van der Waals surface area (Å²) in [5.41, 5.74) is -1.04. The summed E-state index contributed by atoms with van der Waals surface area (Å²) in [7, 11) is 1.26. The molecule has 0 aliphatic carbocycles. The van der Waals surface area contributed by atoms with E-state index in [0.29, 0.717) is 0 Å². The van der Waals surface area contributed by atoms with Crippen LogP contribution in [0.5, 0.6) is 5.88 Å². The van der Waals surface area contributed by atoms with Crippen LogP contribution in [0.15, 0.2) is 41.3 Å². The van der Waals surface area contributed by atoms with Gasteiger partial charge in [-0.3, -0.25) is 4.79 Å². The number of nitrogens with zero attached hydrogens (tertiary/aromatic N) is 2. The zero-order valence-corrected chi connectivity index (χ0v) is 9.81. The molecular weight excluding hydrogens is 261 g/mol. The summed E-state index contributed by atoms with van der Waals surface area (Å²) in [6.45, 7) is 0. The molecule has 0 spiro atoms. The molecule has 0 fully saturated rings. The van der Waals surface area contributed by atoms with Gasteiger partial charge in [-0.1, -0.05) is 6.07 Å². The maximum Gasteiger partial charge on any atom is 0.416 e. The fraction of sp³-hybridized carbons (Fsp3) is 0.167. The average molecular weight is 270 g/mol. The smallest absolute Gasteiger partial charge is 0.416 e. The van der Waals surface area contributed by atoms with Gasteiger partial charge in [0.05, 0.1) is 18.4 Å². The fourth-order valence-corrected chi connectivity index (χ4v) is 1.50. The van der Waals surface area contributed by atoms with E-state index in [4.69, 9.17) is 4.74 Å². The second kappa shape index (κ2) is 4.75. The number of methoxy groups -OCH3 is 1. The van der Waals surface area contributed by atoms with Gasteiger partial charge in [0.25, 0.3) is 5.88 Å². The van der Waals surface area contributed by atoms with Crippen molar-refractivity contribution in [1.29, 1.82) is 0 Å². The van der Waals surface area contributed by atoms with E-state index in [1.165, 1.54) is 31.5 Å². The minimum atomic E-state index is -4.43. The van der Waals surface area contributed by atoms with Gasteiger partial charge in [-0.15, -0.1) is 5.10 Å². The fourth-order valence-electron chi connectivity index (χ4n) is 1.50. The molecule has 2 rings (SSSR count). The molecule has 1 aromatic heterocycles. The van der Waals surface area contributed by atoms with Crippen LogP contribution in [-0.4, -0.2) is 16.9 Å². The van der Waals surface area contributed by atoms with Crippen molar-refractivity contribution in [2.24, 2.45) is 0 Å². The Kier molecular flexibility index (Phi) is 3.28. The molecule has 7 heteroatoms. The zero-order valence-electron chi connectivity index (χ0n) is 9.81. The standard InChI is InChI=1S/C12H9F3N2O2/c1-19-11-10(18)5-6-17(16-11)9-4-2-3-8(7-9)12(13,14)15/h2-7H,1H3. The quantitative estimate of drug-likeness (QED) is 0.840. The molecule has 2 aromatic rings. The summed E-state index contributed by atoms with van der Waals surface area (Å²) >= 11 is 0. The molecule has 0 atom stereocenters. The third-order valence-electron chi connectivity index (χ3n) is 2.41. The highest BCUT2D eigenvalue weighted by atomic mass is 19.4. The van der Waals surface area contributed by atoms with Crippen LogP contribution in [0.4, 0.5) is 13.2 Å². The van der Waals surface area contributed by atoms with Crippen molar-refractivity contribution in [2.75, 3.05) is 7.11 Å². The van der Waals surface area contributed by atoms with E-state index in [1.807, 2.05) is 0 Å². The molecule has 0 radical (unpaired) electrons. The van der Waals surface area contributed by atoms with Crippen LogP contribution < -0.4 is 10.2 Å². The highest BCUT2D eigenvalue weighted by Gasteiger charge is 2.30. The summed E-state index contributed by atoms with van der Waals surface area (Å²) < 4.78 is 43.7. The van der Waals surface area contributed by atoms with E-state index >= 15 is 0 Å². The summed E-state index contributed by atoms with van der Waals surface area (Å²) in [6.07, 6.45) is -3.15. The minimum absolute atomic E-state index is 0.181. The summed E-state index contributed by atoms with van der Waals surface area (Å²) in [5.74, 6) is -0.181. The Morgan fingerprint density at radius 2 is 2.00 bits per heavy atom. The van der Waals surface area contributed by atoms with Crippen molar-refractivity contribution in [1.82, 2.24) is 9.78 Å². The van der Waals surface area contributed by atoms with Gasteiger partial charge in [0, 0.05) is 12.3 Å². The minimum Gasteiger partial charge on any atom is -0.477 e. The molecule has 0 N–H and O–H groups in total. The lowest BCUT2D eigenvalue weighted by molar-refractivity contribution is -0.137. The van der Waals surface area contributed by atoms with Crippen molar-refractivity contribution in [3.63, 3.8) is 0 Å². The highest BCUT2D eigenvalue weighted by Crippen LogP contribution is 2.30. The first-order chi connectivity index (χ1) is 8.91. The van der Waals surface area contributed by atoms with Crippen LogP contribution in [-0.2, 0) is 6.18 Å². The number of hydrogen-bond donors (Lipinski definition) is 0. The van der Waals surface area contributed by atoms with E-state index in [0.717, 1.165) is 16.8 Å². The largest absolute Gasteiger partial charge is 0.477 e. The number of halogens is 3. The van der Waals surface area contributed by atoms with Gasteiger partial charge in [-0.05, 0) is 18.2 Å². The Balaban J connectivity index is 2.50. The first kappa shape index (κ1) is 13.1. The number of aromatic nitrogens is 2. The van der Waals surface area contributed by atoms with Crippen molar-refractivity contribution in [3.05, 3.63) is 52.3 Å². The Bertz CT molecular complexity index is 650. The summed E-state index contributed by atoms with van der Waals surface area (Å²) in [5, 5.41) is 3.80.